The van der Waals surface area contributed by atoms with Crippen molar-refractivity contribution in [1.82, 2.24) is 14.4 Å². The van der Waals surface area contributed by atoms with Crippen LogP contribution in [0.15, 0.2) is 73.4 Å². The van der Waals surface area contributed by atoms with E-state index in [4.69, 9.17) is 0 Å². The molecule has 3 amide bonds. The summed E-state index contributed by atoms with van der Waals surface area (Å²) >= 11 is 0. The van der Waals surface area contributed by atoms with E-state index in [1.165, 1.54) is 4.90 Å². The normalized spacial score (nSPS) is 10.9. The van der Waals surface area contributed by atoms with Crippen LogP contribution in [0.1, 0.15) is 19.5 Å². The molecule has 3 aromatic rings. The number of hydrogen-bond donors (Lipinski definition) is 1. The molecule has 3 rings (SSSR count). The molecule has 0 aliphatic carbocycles. The van der Waals surface area contributed by atoms with Gasteiger partial charge >= 0.3 is 6.03 Å². The number of nitrogens with one attached hydrogen (secondary N) is 1. The van der Waals surface area contributed by atoms with E-state index in [-0.39, 0.29) is 25.0 Å². The molecule has 0 saturated carbocycles. The first-order valence-corrected chi connectivity index (χ1v) is 10.9. The van der Waals surface area contributed by atoms with Gasteiger partial charge in [0.25, 0.3) is 0 Å². The number of fused-ring (bicyclic) bond motifs is 1. The zero-order valence-electron chi connectivity index (χ0n) is 19.1. The summed E-state index contributed by atoms with van der Waals surface area (Å²) in [4.78, 5) is 29.6. The number of amides is 3. The van der Waals surface area contributed by atoms with Gasteiger partial charge in [0.1, 0.15) is 6.54 Å². The van der Waals surface area contributed by atoms with E-state index in [0.717, 1.165) is 22.2 Å². The number of benzene rings is 2. The van der Waals surface area contributed by atoms with E-state index in [1.807, 2.05) is 77.3 Å². The van der Waals surface area contributed by atoms with Gasteiger partial charge in [0, 0.05) is 37.4 Å². The van der Waals surface area contributed by atoms with E-state index >= 15 is 0 Å². The maximum absolute atomic E-state index is 13.2. The maximum atomic E-state index is 13.2. The summed E-state index contributed by atoms with van der Waals surface area (Å²) in [6.07, 6.45) is 3.61. The minimum atomic E-state index is -0.321. The molecule has 0 aliphatic rings. The molecule has 6 heteroatoms. The predicted octanol–water partition coefficient (Wildman–Crippen LogP) is 4.88. The van der Waals surface area contributed by atoms with Crippen LogP contribution in [0, 0.1) is 5.92 Å². The first-order chi connectivity index (χ1) is 15.4. The van der Waals surface area contributed by atoms with Crippen LogP contribution in [-0.4, -0.2) is 45.9 Å². The molecule has 2 aromatic carbocycles. The Kier molecular flexibility index (Phi) is 7.71. The first-order valence-electron chi connectivity index (χ1n) is 10.9. The fourth-order valence-corrected chi connectivity index (χ4v) is 3.72. The lowest BCUT2D eigenvalue weighted by atomic mass is 10.1. The predicted molar refractivity (Wildman–Crippen MR) is 130 cm³/mol. The average Bonchev–Trinajstić information content (AvgIpc) is 3.17. The minimum absolute atomic E-state index is 0.0141. The highest BCUT2D eigenvalue weighted by Gasteiger charge is 2.22. The Hall–Kier alpha value is -3.54. The van der Waals surface area contributed by atoms with Gasteiger partial charge in [-0.05, 0) is 29.5 Å². The van der Waals surface area contributed by atoms with Crippen molar-refractivity contribution in [3.63, 3.8) is 0 Å². The third-order valence-corrected chi connectivity index (χ3v) is 5.34. The fourth-order valence-electron chi connectivity index (χ4n) is 3.72. The van der Waals surface area contributed by atoms with Gasteiger partial charge in [0.2, 0.25) is 5.91 Å². The van der Waals surface area contributed by atoms with Gasteiger partial charge in [-0.1, -0.05) is 56.3 Å². The van der Waals surface area contributed by atoms with Crippen LogP contribution in [0.25, 0.3) is 10.8 Å². The molecule has 1 heterocycles. The minimum Gasteiger partial charge on any atom is -0.353 e. The third kappa shape index (κ3) is 5.78. The van der Waals surface area contributed by atoms with Crippen molar-refractivity contribution < 1.29 is 9.59 Å². The largest absolute Gasteiger partial charge is 0.353 e. The van der Waals surface area contributed by atoms with Crippen LogP contribution in [0.3, 0.4) is 0 Å². The van der Waals surface area contributed by atoms with Crippen LogP contribution in [0.5, 0.6) is 0 Å². The number of carbonyl (C=O) groups is 2. The molecular weight excluding hydrogens is 400 g/mol. The quantitative estimate of drug-likeness (QED) is 0.490. The summed E-state index contributed by atoms with van der Waals surface area (Å²) in [6.45, 7) is 9.32. The van der Waals surface area contributed by atoms with Crippen molar-refractivity contribution in [1.29, 1.82) is 0 Å². The molecule has 0 unspecified atom stereocenters. The zero-order chi connectivity index (χ0) is 23.1. The highest BCUT2D eigenvalue weighted by molar-refractivity contribution is 6.02. The Bertz CT molecular complexity index is 1080. The van der Waals surface area contributed by atoms with Gasteiger partial charge in [0.15, 0.2) is 0 Å². The van der Waals surface area contributed by atoms with E-state index in [0.29, 0.717) is 19.0 Å². The molecule has 32 heavy (non-hydrogen) atoms. The lowest BCUT2D eigenvalue weighted by Gasteiger charge is -2.28. The average molecular weight is 433 g/mol. The molecule has 0 spiro atoms. The van der Waals surface area contributed by atoms with Gasteiger partial charge in [-0.25, -0.2) is 4.79 Å². The highest BCUT2D eigenvalue weighted by Crippen LogP contribution is 2.23. The SMILES string of the molecule is C=CCN(CC(=O)N(Cc1cccn1C)CC(C)C)C(=O)Nc1cccc2ccccc12. The summed E-state index contributed by atoms with van der Waals surface area (Å²) in [5.74, 6) is 0.228. The van der Waals surface area contributed by atoms with E-state index < -0.39 is 0 Å². The molecule has 1 aromatic heterocycles. The van der Waals surface area contributed by atoms with Crippen molar-refractivity contribution >= 4 is 28.4 Å². The maximum Gasteiger partial charge on any atom is 0.322 e. The number of carbonyl (C=O) groups excluding carboxylic acids is 2. The summed E-state index contributed by atoms with van der Waals surface area (Å²) in [5.41, 5.74) is 1.77. The lowest BCUT2D eigenvalue weighted by molar-refractivity contribution is -0.132. The second kappa shape index (κ2) is 10.7. The van der Waals surface area contributed by atoms with Crippen LogP contribution in [0.4, 0.5) is 10.5 Å². The monoisotopic (exact) mass is 432 g/mol. The summed E-state index contributed by atoms with van der Waals surface area (Å²) in [5, 5.41) is 4.97. The number of anilines is 1. The molecule has 6 nitrogen and oxygen atoms in total. The van der Waals surface area contributed by atoms with Crippen LogP contribution in [0.2, 0.25) is 0 Å². The lowest BCUT2D eigenvalue weighted by Crippen LogP contribution is -2.45. The molecule has 0 saturated heterocycles. The van der Waals surface area contributed by atoms with Gasteiger partial charge in [0.05, 0.1) is 12.2 Å². The van der Waals surface area contributed by atoms with Crippen LogP contribution < -0.4 is 5.32 Å². The smallest absolute Gasteiger partial charge is 0.322 e. The van der Waals surface area contributed by atoms with E-state index in [1.54, 1.807) is 6.08 Å². The number of nitrogens with zero attached hydrogens (tertiary/aromatic N) is 3. The van der Waals surface area contributed by atoms with Crippen molar-refractivity contribution in [2.45, 2.75) is 20.4 Å². The Morgan fingerprint density at radius 1 is 1.06 bits per heavy atom. The van der Waals surface area contributed by atoms with Crippen LogP contribution in [-0.2, 0) is 18.4 Å². The zero-order valence-corrected chi connectivity index (χ0v) is 19.1. The Balaban J connectivity index is 1.75. The Morgan fingerprint density at radius 2 is 1.81 bits per heavy atom. The van der Waals surface area contributed by atoms with Gasteiger partial charge in [-0.15, -0.1) is 6.58 Å². The number of aryl methyl sites for hydroxylation is 1. The summed E-state index contributed by atoms with van der Waals surface area (Å²) in [6, 6.07) is 17.3. The van der Waals surface area contributed by atoms with Crippen molar-refractivity contribution in [3.8, 4) is 0 Å². The number of rotatable bonds is 9. The topological polar surface area (TPSA) is 57.6 Å². The van der Waals surface area contributed by atoms with Crippen LogP contribution >= 0.6 is 0 Å². The van der Waals surface area contributed by atoms with E-state index in [2.05, 4.69) is 25.7 Å². The first kappa shape index (κ1) is 23.1. The molecule has 0 aliphatic heterocycles. The Morgan fingerprint density at radius 3 is 2.50 bits per heavy atom. The van der Waals surface area contributed by atoms with Gasteiger partial charge < -0.3 is 19.7 Å². The third-order valence-electron chi connectivity index (χ3n) is 5.34. The molecule has 0 bridgehead atoms. The summed E-state index contributed by atoms with van der Waals surface area (Å²) < 4.78 is 2.01. The van der Waals surface area contributed by atoms with Crippen molar-refractivity contribution in [3.05, 3.63) is 79.1 Å². The highest BCUT2D eigenvalue weighted by atomic mass is 16.2. The van der Waals surface area contributed by atoms with E-state index in [9.17, 15) is 9.59 Å². The number of aromatic nitrogens is 1. The number of hydrogen-bond acceptors (Lipinski definition) is 2. The molecule has 168 valence electrons. The van der Waals surface area contributed by atoms with Gasteiger partial charge in [-0.2, -0.15) is 0 Å². The second-order valence-electron chi connectivity index (χ2n) is 8.40. The number of urea groups is 1. The summed E-state index contributed by atoms with van der Waals surface area (Å²) in [7, 11) is 1.97. The second-order valence-corrected chi connectivity index (χ2v) is 8.40. The molecule has 1 N–H and O–H groups in total. The van der Waals surface area contributed by atoms with Crippen molar-refractivity contribution in [2.75, 3.05) is 25.0 Å². The fraction of sp³-hybridized carbons (Fsp3) is 0.308. The molecule has 0 atom stereocenters. The standard InChI is InChI=1S/C26H32N4O2/c1-5-15-29(26(32)27-24-14-8-11-21-10-6-7-13-23(21)24)19-25(31)30(17-20(2)3)18-22-12-9-16-28(22)4/h5-14,16,20H,1,15,17-19H2,2-4H3,(H,27,32). The molecular formula is C26H32N4O2. The molecule has 0 radical (unpaired) electrons. The van der Waals surface area contributed by atoms with Crippen molar-refractivity contribution in [2.24, 2.45) is 13.0 Å². The molecule has 0 fully saturated rings. The Labute approximate surface area is 190 Å². The van der Waals surface area contributed by atoms with Gasteiger partial charge in [-0.3, -0.25) is 4.79 Å².